The van der Waals surface area contributed by atoms with Gasteiger partial charge in [-0.3, -0.25) is 0 Å². The van der Waals surface area contributed by atoms with Crippen molar-refractivity contribution in [1.82, 2.24) is 10.2 Å². The number of benzene rings is 1. The number of hydrogen-bond acceptors (Lipinski definition) is 3. The lowest BCUT2D eigenvalue weighted by Crippen LogP contribution is -2.49. The van der Waals surface area contributed by atoms with Crippen molar-refractivity contribution in [1.29, 1.82) is 0 Å². The van der Waals surface area contributed by atoms with Crippen LogP contribution >= 0.6 is 0 Å². The summed E-state index contributed by atoms with van der Waals surface area (Å²) in [7, 11) is 2.20. The predicted octanol–water partition coefficient (Wildman–Crippen LogP) is 2.32. The number of likely N-dealkylation sites (N-methyl/N-ethyl adjacent to an activating group) is 1. The highest BCUT2D eigenvalue weighted by molar-refractivity contribution is 5.55. The zero-order chi connectivity index (χ0) is 13.8. The van der Waals surface area contributed by atoms with Crippen molar-refractivity contribution < 1.29 is 0 Å². The molecule has 0 bridgehead atoms. The Morgan fingerprint density at radius 3 is 2.79 bits per heavy atom. The second-order valence-electron chi connectivity index (χ2n) is 5.81. The van der Waals surface area contributed by atoms with Crippen molar-refractivity contribution in [3.8, 4) is 0 Å². The van der Waals surface area contributed by atoms with E-state index in [2.05, 4.69) is 55.5 Å². The van der Waals surface area contributed by atoms with Crippen molar-refractivity contribution in [2.24, 2.45) is 0 Å². The van der Waals surface area contributed by atoms with Gasteiger partial charge in [-0.1, -0.05) is 6.07 Å². The van der Waals surface area contributed by atoms with E-state index in [-0.39, 0.29) is 0 Å². The SMILES string of the molecule is Cc1ccc(NCCC2CN(C)CCN2)c(C)c1C. The maximum Gasteiger partial charge on any atom is 0.0372 e. The Morgan fingerprint density at radius 2 is 2.05 bits per heavy atom. The second-order valence-corrected chi connectivity index (χ2v) is 5.81. The number of piperazine rings is 1. The molecule has 1 heterocycles. The number of rotatable bonds is 4. The van der Waals surface area contributed by atoms with Gasteiger partial charge in [0, 0.05) is 37.9 Å². The number of hydrogen-bond donors (Lipinski definition) is 2. The molecule has 1 aliphatic rings. The summed E-state index contributed by atoms with van der Waals surface area (Å²) in [6.07, 6.45) is 1.18. The molecule has 2 N–H and O–H groups in total. The molecule has 3 nitrogen and oxygen atoms in total. The van der Waals surface area contributed by atoms with Gasteiger partial charge in [0.2, 0.25) is 0 Å². The van der Waals surface area contributed by atoms with Crippen LogP contribution in [0, 0.1) is 20.8 Å². The summed E-state index contributed by atoms with van der Waals surface area (Å²) in [5.74, 6) is 0. The molecule has 0 saturated carbocycles. The summed E-state index contributed by atoms with van der Waals surface area (Å²) in [4.78, 5) is 2.41. The molecule has 1 fully saturated rings. The fraction of sp³-hybridized carbons (Fsp3) is 0.625. The Bertz CT molecular complexity index is 428. The number of aryl methyl sites for hydroxylation is 1. The zero-order valence-corrected chi connectivity index (χ0v) is 12.7. The lowest BCUT2D eigenvalue weighted by molar-refractivity contribution is 0.234. The first-order valence-corrected chi connectivity index (χ1v) is 7.30. The molecular formula is C16H27N3. The average Bonchev–Trinajstić information content (AvgIpc) is 2.39. The number of anilines is 1. The first-order chi connectivity index (χ1) is 9.08. The fourth-order valence-corrected chi connectivity index (χ4v) is 2.71. The first-order valence-electron chi connectivity index (χ1n) is 7.30. The molecule has 1 aromatic rings. The van der Waals surface area contributed by atoms with E-state index in [0.717, 1.165) is 19.6 Å². The first kappa shape index (κ1) is 14.4. The van der Waals surface area contributed by atoms with Crippen molar-refractivity contribution in [3.63, 3.8) is 0 Å². The smallest absolute Gasteiger partial charge is 0.0372 e. The monoisotopic (exact) mass is 261 g/mol. The third kappa shape index (κ3) is 3.71. The molecular weight excluding hydrogens is 234 g/mol. The van der Waals surface area contributed by atoms with Crippen molar-refractivity contribution in [2.45, 2.75) is 33.2 Å². The standard InChI is InChI=1S/C16H27N3/c1-12-5-6-16(14(3)13(12)2)18-8-7-15-11-19(4)10-9-17-15/h5-6,15,17-18H,7-11H2,1-4H3. The Hall–Kier alpha value is -1.06. The van der Waals surface area contributed by atoms with Gasteiger partial charge in [0.1, 0.15) is 0 Å². The molecule has 1 saturated heterocycles. The number of nitrogens with one attached hydrogen (secondary N) is 2. The van der Waals surface area contributed by atoms with Crippen molar-refractivity contribution >= 4 is 5.69 Å². The summed E-state index contributed by atoms with van der Waals surface area (Å²) in [5, 5.41) is 7.17. The van der Waals surface area contributed by atoms with Gasteiger partial charge in [0.25, 0.3) is 0 Å². The van der Waals surface area contributed by atoms with E-state index >= 15 is 0 Å². The van der Waals surface area contributed by atoms with E-state index < -0.39 is 0 Å². The molecule has 0 radical (unpaired) electrons. The molecule has 1 aliphatic heterocycles. The molecule has 1 atom stereocenters. The quantitative estimate of drug-likeness (QED) is 0.871. The van der Waals surface area contributed by atoms with Crippen molar-refractivity contribution in [3.05, 3.63) is 28.8 Å². The topological polar surface area (TPSA) is 27.3 Å². The minimum Gasteiger partial charge on any atom is -0.385 e. The molecule has 1 unspecified atom stereocenters. The van der Waals surface area contributed by atoms with Crippen molar-refractivity contribution in [2.75, 3.05) is 38.5 Å². The van der Waals surface area contributed by atoms with Gasteiger partial charge in [-0.2, -0.15) is 0 Å². The molecule has 19 heavy (non-hydrogen) atoms. The van der Waals surface area contributed by atoms with Gasteiger partial charge in [-0.05, 0) is 57.0 Å². The Morgan fingerprint density at radius 1 is 1.26 bits per heavy atom. The lowest BCUT2D eigenvalue weighted by atomic mass is 10.0. The molecule has 106 valence electrons. The number of nitrogens with zero attached hydrogens (tertiary/aromatic N) is 1. The highest BCUT2D eigenvalue weighted by Gasteiger charge is 2.15. The summed E-state index contributed by atoms with van der Waals surface area (Å²) >= 11 is 0. The van der Waals surface area contributed by atoms with Crippen LogP contribution in [-0.4, -0.2) is 44.2 Å². The average molecular weight is 261 g/mol. The van der Waals surface area contributed by atoms with E-state index in [9.17, 15) is 0 Å². The van der Waals surface area contributed by atoms with E-state index in [1.54, 1.807) is 0 Å². The van der Waals surface area contributed by atoms with Gasteiger partial charge < -0.3 is 15.5 Å². The van der Waals surface area contributed by atoms with Gasteiger partial charge in [-0.25, -0.2) is 0 Å². The van der Waals surface area contributed by atoms with Crippen LogP contribution in [0.5, 0.6) is 0 Å². The van der Waals surface area contributed by atoms with Gasteiger partial charge >= 0.3 is 0 Å². The lowest BCUT2D eigenvalue weighted by Gasteiger charge is -2.31. The molecule has 2 rings (SSSR count). The minimum atomic E-state index is 0.623. The van der Waals surface area contributed by atoms with E-state index in [1.807, 2.05) is 0 Å². The second kappa shape index (κ2) is 6.40. The Kier molecular flexibility index (Phi) is 4.83. The molecule has 0 spiro atoms. The van der Waals surface area contributed by atoms with Crippen LogP contribution in [0.4, 0.5) is 5.69 Å². The Labute approximate surface area is 117 Å². The van der Waals surface area contributed by atoms with E-state index in [1.165, 1.54) is 35.3 Å². The largest absolute Gasteiger partial charge is 0.385 e. The highest BCUT2D eigenvalue weighted by Crippen LogP contribution is 2.21. The van der Waals surface area contributed by atoms with Crippen LogP contribution in [0.1, 0.15) is 23.1 Å². The Balaban J connectivity index is 1.84. The van der Waals surface area contributed by atoms with Gasteiger partial charge in [0.15, 0.2) is 0 Å². The van der Waals surface area contributed by atoms with Crippen LogP contribution in [0.15, 0.2) is 12.1 Å². The van der Waals surface area contributed by atoms with Gasteiger partial charge in [0.05, 0.1) is 0 Å². The van der Waals surface area contributed by atoms with Gasteiger partial charge in [-0.15, -0.1) is 0 Å². The minimum absolute atomic E-state index is 0.623. The highest BCUT2D eigenvalue weighted by atomic mass is 15.2. The summed E-state index contributed by atoms with van der Waals surface area (Å²) < 4.78 is 0. The molecule has 0 aliphatic carbocycles. The molecule has 0 amide bonds. The summed E-state index contributed by atoms with van der Waals surface area (Å²) in [5.41, 5.74) is 5.44. The maximum atomic E-state index is 3.59. The molecule has 1 aromatic carbocycles. The van der Waals surface area contributed by atoms with E-state index in [4.69, 9.17) is 0 Å². The summed E-state index contributed by atoms with van der Waals surface area (Å²) in [6.45, 7) is 11.1. The normalized spacial score (nSPS) is 20.5. The van der Waals surface area contributed by atoms with Crippen LogP contribution in [-0.2, 0) is 0 Å². The molecule has 3 heteroatoms. The third-order valence-electron chi connectivity index (χ3n) is 4.32. The predicted molar refractivity (Wildman–Crippen MR) is 83.0 cm³/mol. The van der Waals surface area contributed by atoms with Crippen LogP contribution in [0.3, 0.4) is 0 Å². The van der Waals surface area contributed by atoms with Crippen LogP contribution in [0.25, 0.3) is 0 Å². The summed E-state index contributed by atoms with van der Waals surface area (Å²) in [6, 6.07) is 5.04. The third-order valence-corrected chi connectivity index (χ3v) is 4.32. The zero-order valence-electron chi connectivity index (χ0n) is 12.7. The van der Waals surface area contributed by atoms with Crippen LogP contribution in [0.2, 0.25) is 0 Å². The maximum absolute atomic E-state index is 3.59. The fourth-order valence-electron chi connectivity index (χ4n) is 2.71. The van der Waals surface area contributed by atoms with Crippen LogP contribution < -0.4 is 10.6 Å². The van der Waals surface area contributed by atoms with E-state index in [0.29, 0.717) is 6.04 Å². The molecule has 0 aromatic heterocycles.